The van der Waals surface area contributed by atoms with Crippen LogP contribution in [0.1, 0.15) is 23.0 Å². The van der Waals surface area contributed by atoms with Crippen LogP contribution in [0.15, 0.2) is 42.5 Å². The molecule has 2 unspecified atom stereocenters. The summed E-state index contributed by atoms with van der Waals surface area (Å²) in [5, 5.41) is 10.6. The third kappa shape index (κ3) is 3.17. The van der Waals surface area contributed by atoms with Crippen molar-refractivity contribution in [2.75, 3.05) is 13.6 Å². The average molecular weight is 349 g/mol. The highest BCUT2D eigenvalue weighted by Crippen LogP contribution is 2.27. The van der Waals surface area contributed by atoms with Gasteiger partial charge >= 0.3 is 0 Å². The summed E-state index contributed by atoms with van der Waals surface area (Å²) >= 11 is 0. The van der Waals surface area contributed by atoms with Gasteiger partial charge in [0, 0.05) is 30.6 Å². The van der Waals surface area contributed by atoms with E-state index in [0.29, 0.717) is 17.8 Å². The van der Waals surface area contributed by atoms with Crippen LogP contribution in [0.3, 0.4) is 0 Å². The van der Waals surface area contributed by atoms with Crippen LogP contribution in [0, 0.1) is 17.8 Å². The predicted molar refractivity (Wildman–Crippen MR) is 96.8 cm³/mol. The van der Waals surface area contributed by atoms with Crippen molar-refractivity contribution >= 4 is 11.8 Å². The number of nitrogens with two attached hydrogens (primary N) is 1. The lowest BCUT2D eigenvalue weighted by atomic mass is 9.92. The maximum Gasteiger partial charge on any atom is 0.267 e. The molecule has 0 aliphatic carbocycles. The Labute approximate surface area is 151 Å². The monoisotopic (exact) mass is 349 g/mol. The van der Waals surface area contributed by atoms with E-state index in [-0.39, 0.29) is 17.5 Å². The second-order valence-electron chi connectivity index (χ2n) is 6.46. The van der Waals surface area contributed by atoms with Gasteiger partial charge in [-0.2, -0.15) is 0 Å². The Morgan fingerprint density at radius 2 is 2.08 bits per heavy atom. The summed E-state index contributed by atoms with van der Waals surface area (Å²) in [7, 11) is 1.65. The number of carbonyl (C=O) groups is 2. The second-order valence-corrected chi connectivity index (χ2v) is 6.46. The van der Waals surface area contributed by atoms with E-state index in [1.807, 2.05) is 6.07 Å². The van der Waals surface area contributed by atoms with Crippen molar-refractivity contribution in [1.29, 1.82) is 0 Å². The molecule has 1 saturated heterocycles. The molecule has 0 saturated carbocycles. The minimum Gasteiger partial charge on any atom is -0.369 e. The first-order chi connectivity index (χ1) is 12.3. The zero-order valence-electron chi connectivity index (χ0n) is 14.6. The number of amides is 2. The maximum atomic E-state index is 12.2. The summed E-state index contributed by atoms with van der Waals surface area (Å²) in [5.41, 5.74) is 5.77. The number of hydrogen-bond donors (Lipinski definition) is 2. The number of pyridine rings is 1. The van der Waals surface area contributed by atoms with E-state index in [0.717, 1.165) is 5.56 Å². The minimum atomic E-state index is -1.67. The van der Waals surface area contributed by atoms with E-state index in [1.165, 1.54) is 4.90 Å². The first-order valence-corrected chi connectivity index (χ1v) is 8.19. The van der Waals surface area contributed by atoms with Gasteiger partial charge in [0.25, 0.3) is 11.8 Å². The third-order valence-corrected chi connectivity index (χ3v) is 4.49. The fourth-order valence-electron chi connectivity index (χ4n) is 2.96. The molecule has 2 heterocycles. The molecule has 3 N–H and O–H groups in total. The first-order valence-electron chi connectivity index (χ1n) is 8.19. The summed E-state index contributed by atoms with van der Waals surface area (Å²) < 4.78 is 0. The number of benzene rings is 1. The smallest absolute Gasteiger partial charge is 0.267 e. The Hall–Kier alpha value is -3.17. The molecular formula is C20H19N3O3. The molecule has 1 aliphatic heterocycles. The van der Waals surface area contributed by atoms with Crippen molar-refractivity contribution < 1.29 is 14.7 Å². The molecule has 1 aromatic carbocycles. The Balaban J connectivity index is 1.94. The number of aromatic nitrogens is 1. The van der Waals surface area contributed by atoms with Crippen LogP contribution in [0.4, 0.5) is 0 Å². The number of rotatable bonds is 2. The van der Waals surface area contributed by atoms with Crippen molar-refractivity contribution in [3.63, 3.8) is 0 Å². The van der Waals surface area contributed by atoms with Crippen molar-refractivity contribution in [2.45, 2.75) is 12.5 Å². The van der Waals surface area contributed by atoms with Crippen molar-refractivity contribution in [2.24, 2.45) is 11.7 Å². The van der Waals surface area contributed by atoms with Crippen LogP contribution in [-0.2, 0) is 4.79 Å². The average Bonchev–Trinajstić information content (AvgIpc) is 2.83. The Morgan fingerprint density at radius 3 is 2.73 bits per heavy atom. The fourth-order valence-corrected chi connectivity index (χ4v) is 2.96. The molecule has 6 heteroatoms. The minimum absolute atomic E-state index is 0.182. The molecule has 0 radical (unpaired) electrons. The molecule has 2 aromatic rings. The van der Waals surface area contributed by atoms with E-state index >= 15 is 0 Å². The van der Waals surface area contributed by atoms with Crippen LogP contribution in [0.25, 0.3) is 11.3 Å². The quantitative estimate of drug-likeness (QED) is 0.792. The van der Waals surface area contributed by atoms with Gasteiger partial charge in [-0.15, -0.1) is 0 Å². The molecule has 1 aliphatic rings. The number of likely N-dealkylation sites (tertiary alicyclic amines) is 1. The van der Waals surface area contributed by atoms with Crippen LogP contribution < -0.4 is 5.73 Å². The second kappa shape index (κ2) is 6.62. The lowest BCUT2D eigenvalue weighted by molar-refractivity contribution is -0.138. The van der Waals surface area contributed by atoms with Crippen molar-refractivity contribution in [1.82, 2.24) is 9.88 Å². The van der Waals surface area contributed by atoms with Gasteiger partial charge in [0.05, 0.1) is 5.69 Å². The highest BCUT2D eigenvalue weighted by Gasteiger charge is 2.48. The van der Waals surface area contributed by atoms with E-state index < -0.39 is 11.5 Å². The number of likely N-dealkylation sites (N-methyl/N-ethyl adjacent to an activating group) is 1. The van der Waals surface area contributed by atoms with E-state index in [1.54, 1.807) is 50.4 Å². The van der Waals surface area contributed by atoms with Crippen molar-refractivity contribution in [3.8, 4) is 23.1 Å². The lowest BCUT2D eigenvalue weighted by Crippen LogP contribution is -2.40. The van der Waals surface area contributed by atoms with Crippen LogP contribution >= 0.6 is 0 Å². The Kier molecular flexibility index (Phi) is 4.49. The third-order valence-electron chi connectivity index (χ3n) is 4.49. The summed E-state index contributed by atoms with van der Waals surface area (Å²) in [5.74, 6) is 4.37. The topological polar surface area (TPSA) is 96.5 Å². The number of primary amides is 1. The molecule has 0 bridgehead atoms. The van der Waals surface area contributed by atoms with Gasteiger partial charge < -0.3 is 15.7 Å². The van der Waals surface area contributed by atoms with Gasteiger partial charge in [-0.25, -0.2) is 4.98 Å². The molecule has 132 valence electrons. The van der Waals surface area contributed by atoms with Crippen molar-refractivity contribution in [3.05, 3.63) is 53.7 Å². The predicted octanol–water partition coefficient (Wildman–Crippen LogP) is 1.04. The molecule has 2 amide bonds. The summed E-state index contributed by atoms with van der Waals surface area (Å²) in [6.45, 7) is 2.26. The van der Waals surface area contributed by atoms with Crippen LogP contribution in [-0.4, -0.2) is 46.0 Å². The zero-order chi connectivity index (χ0) is 18.9. The SMILES string of the molecule is CC1CN(C)C(=O)C1(O)C#Cc1cccc(-c2cccc(C(N)=O)n2)c1. The molecule has 6 nitrogen and oxygen atoms in total. The van der Waals surface area contributed by atoms with Crippen LogP contribution in [0.5, 0.6) is 0 Å². The Bertz CT molecular complexity index is 945. The van der Waals surface area contributed by atoms with Gasteiger partial charge in [-0.3, -0.25) is 9.59 Å². The lowest BCUT2D eigenvalue weighted by Gasteiger charge is -2.17. The van der Waals surface area contributed by atoms with Gasteiger partial charge in [0.1, 0.15) is 5.69 Å². The van der Waals surface area contributed by atoms with Gasteiger partial charge in [0.2, 0.25) is 5.60 Å². The van der Waals surface area contributed by atoms with Gasteiger partial charge in [0.15, 0.2) is 0 Å². The molecule has 1 aromatic heterocycles. The highest BCUT2D eigenvalue weighted by molar-refractivity contribution is 5.91. The number of hydrogen-bond acceptors (Lipinski definition) is 4. The molecule has 1 fully saturated rings. The molecule has 26 heavy (non-hydrogen) atoms. The largest absolute Gasteiger partial charge is 0.369 e. The molecular weight excluding hydrogens is 330 g/mol. The zero-order valence-corrected chi connectivity index (χ0v) is 14.6. The number of nitrogens with zero attached hydrogens (tertiary/aromatic N) is 2. The first kappa shape index (κ1) is 17.6. The summed E-state index contributed by atoms with van der Waals surface area (Å²) in [6, 6.07) is 12.2. The Morgan fingerprint density at radius 1 is 1.35 bits per heavy atom. The summed E-state index contributed by atoms with van der Waals surface area (Å²) in [6.07, 6.45) is 0. The fraction of sp³-hybridized carbons (Fsp3) is 0.250. The number of carbonyl (C=O) groups excluding carboxylic acids is 2. The van der Waals surface area contributed by atoms with E-state index in [9.17, 15) is 14.7 Å². The van der Waals surface area contributed by atoms with Crippen LogP contribution in [0.2, 0.25) is 0 Å². The maximum absolute atomic E-state index is 12.2. The van der Waals surface area contributed by atoms with Gasteiger partial charge in [-0.1, -0.05) is 37.0 Å². The highest BCUT2D eigenvalue weighted by atomic mass is 16.3. The summed E-state index contributed by atoms with van der Waals surface area (Å²) in [4.78, 5) is 29.2. The number of aliphatic hydroxyl groups is 1. The van der Waals surface area contributed by atoms with E-state index in [4.69, 9.17) is 5.73 Å². The molecule has 0 spiro atoms. The van der Waals surface area contributed by atoms with E-state index in [2.05, 4.69) is 16.8 Å². The van der Waals surface area contributed by atoms with Gasteiger partial charge in [-0.05, 0) is 24.3 Å². The standard InChI is InChI=1S/C20H19N3O3/c1-13-12-23(2)19(25)20(13,26)10-9-14-5-3-6-15(11-14)16-7-4-8-17(22-16)18(21)24/h3-8,11,13,26H,12H2,1-2H3,(H2,21,24). The molecule has 2 atom stereocenters. The molecule has 3 rings (SSSR count). The normalized spacial score (nSPS) is 22.0.